The summed E-state index contributed by atoms with van der Waals surface area (Å²) >= 11 is 0. The standard InChI is InChI=1S/C11H18N6O3/c18-10(19)9-8-17(15-14-9)7-4-13-11(20)16-5-1-2-12-3-6-16/h8,12H,1-7H2,(H,13,20)(H,18,19). The summed E-state index contributed by atoms with van der Waals surface area (Å²) in [5.41, 5.74) is -0.102. The number of urea groups is 1. The Balaban J connectivity index is 1.74. The quantitative estimate of drug-likeness (QED) is 0.651. The van der Waals surface area contributed by atoms with Crippen molar-refractivity contribution >= 4 is 12.0 Å². The SMILES string of the molecule is O=C(O)c1cn(CCNC(=O)N2CCCNCC2)nn1. The zero-order chi connectivity index (χ0) is 14.4. The zero-order valence-corrected chi connectivity index (χ0v) is 11.1. The molecular formula is C11H18N6O3. The lowest BCUT2D eigenvalue weighted by Crippen LogP contribution is -2.42. The van der Waals surface area contributed by atoms with E-state index in [0.29, 0.717) is 19.6 Å². The Morgan fingerprint density at radius 1 is 1.40 bits per heavy atom. The number of aromatic carboxylic acids is 1. The molecule has 3 N–H and O–H groups in total. The first-order chi connectivity index (χ1) is 9.66. The van der Waals surface area contributed by atoms with Crippen LogP contribution in [0, 0.1) is 0 Å². The van der Waals surface area contributed by atoms with E-state index in [2.05, 4.69) is 20.9 Å². The molecule has 0 saturated carbocycles. The Morgan fingerprint density at radius 2 is 2.25 bits per heavy atom. The highest BCUT2D eigenvalue weighted by atomic mass is 16.4. The van der Waals surface area contributed by atoms with Crippen molar-refractivity contribution in [1.82, 2.24) is 30.5 Å². The van der Waals surface area contributed by atoms with Gasteiger partial charge in [0.15, 0.2) is 5.69 Å². The van der Waals surface area contributed by atoms with E-state index >= 15 is 0 Å². The molecule has 2 amide bonds. The lowest BCUT2D eigenvalue weighted by molar-refractivity contribution is 0.0690. The molecule has 0 unspecified atom stereocenters. The number of rotatable bonds is 4. The van der Waals surface area contributed by atoms with Crippen LogP contribution < -0.4 is 10.6 Å². The fourth-order valence-corrected chi connectivity index (χ4v) is 1.94. The molecule has 1 aliphatic heterocycles. The van der Waals surface area contributed by atoms with Gasteiger partial charge in [-0.15, -0.1) is 5.10 Å². The summed E-state index contributed by atoms with van der Waals surface area (Å²) < 4.78 is 1.40. The second kappa shape index (κ2) is 6.85. The van der Waals surface area contributed by atoms with Crippen LogP contribution >= 0.6 is 0 Å². The van der Waals surface area contributed by atoms with E-state index in [1.165, 1.54) is 10.9 Å². The van der Waals surface area contributed by atoms with Gasteiger partial charge in [0.25, 0.3) is 0 Å². The molecule has 0 spiro atoms. The molecule has 1 aromatic rings. The largest absolute Gasteiger partial charge is 0.476 e. The molecular weight excluding hydrogens is 264 g/mol. The molecule has 0 radical (unpaired) electrons. The average molecular weight is 282 g/mol. The van der Waals surface area contributed by atoms with Crippen molar-refractivity contribution in [1.29, 1.82) is 0 Å². The number of nitrogens with zero attached hydrogens (tertiary/aromatic N) is 4. The molecule has 1 fully saturated rings. The fourth-order valence-electron chi connectivity index (χ4n) is 1.94. The molecule has 0 bridgehead atoms. The Labute approximate surface area is 115 Å². The molecule has 2 heterocycles. The lowest BCUT2D eigenvalue weighted by atomic mass is 10.4. The number of nitrogens with one attached hydrogen (secondary N) is 2. The highest BCUT2D eigenvalue weighted by molar-refractivity contribution is 5.84. The van der Waals surface area contributed by atoms with Gasteiger partial charge in [0.05, 0.1) is 12.7 Å². The Hall–Kier alpha value is -2.16. The maximum atomic E-state index is 11.9. The molecule has 2 rings (SSSR count). The first kappa shape index (κ1) is 14.3. The van der Waals surface area contributed by atoms with Crippen LogP contribution in [0.15, 0.2) is 6.20 Å². The van der Waals surface area contributed by atoms with E-state index in [0.717, 1.165) is 26.1 Å². The first-order valence-electron chi connectivity index (χ1n) is 6.54. The molecule has 1 aromatic heterocycles. The summed E-state index contributed by atoms with van der Waals surface area (Å²) in [4.78, 5) is 24.3. The van der Waals surface area contributed by atoms with Crippen LogP contribution in [-0.4, -0.2) is 69.7 Å². The van der Waals surface area contributed by atoms with Crippen molar-refractivity contribution in [3.05, 3.63) is 11.9 Å². The van der Waals surface area contributed by atoms with Gasteiger partial charge in [-0.1, -0.05) is 5.21 Å². The number of amides is 2. The van der Waals surface area contributed by atoms with Gasteiger partial charge in [-0.05, 0) is 13.0 Å². The number of carbonyl (C=O) groups is 2. The number of carboxylic acid groups (broad SMARTS) is 1. The van der Waals surface area contributed by atoms with Gasteiger partial charge in [0, 0.05) is 26.2 Å². The number of carbonyl (C=O) groups excluding carboxylic acids is 1. The van der Waals surface area contributed by atoms with Gasteiger partial charge in [0.1, 0.15) is 0 Å². The Bertz CT molecular complexity index is 466. The maximum absolute atomic E-state index is 11.9. The second-order valence-corrected chi connectivity index (χ2v) is 4.49. The average Bonchev–Trinajstić information content (AvgIpc) is 2.73. The van der Waals surface area contributed by atoms with Crippen molar-refractivity contribution in [3.63, 3.8) is 0 Å². The van der Waals surface area contributed by atoms with Crippen LogP contribution in [0.1, 0.15) is 16.9 Å². The second-order valence-electron chi connectivity index (χ2n) is 4.49. The summed E-state index contributed by atoms with van der Waals surface area (Å²) in [6.45, 7) is 3.94. The molecule has 9 nitrogen and oxygen atoms in total. The molecule has 1 aliphatic rings. The van der Waals surface area contributed by atoms with E-state index in [4.69, 9.17) is 5.11 Å². The van der Waals surface area contributed by atoms with Gasteiger partial charge in [-0.3, -0.25) is 0 Å². The van der Waals surface area contributed by atoms with E-state index in [1.54, 1.807) is 4.90 Å². The van der Waals surface area contributed by atoms with Crippen molar-refractivity contribution < 1.29 is 14.7 Å². The first-order valence-corrected chi connectivity index (χ1v) is 6.54. The van der Waals surface area contributed by atoms with Crippen molar-refractivity contribution in [3.8, 4) is 0 Å². The van der Waals surface area contributed by atoms with Crippen molar-refractivity contribution in [2.24, 2.45) is 0 Å². The molecule has 110 valence electrons. The fraction of sp³-hybridized carbons (Fsp3) is 0.636. The van der Waals surface area contributed by atoms with Crippen LogP contribution in [0.25, 0.3) is 0 Å². The normalized spacial score (nSPS) is 15.7. The predicted molar refractivity (Wildman–Crippen MR) is 69.4 cm³/mol. The number of aromatic nitrogens is 3. The van der Waals surface area contributed by atoms with Crippen LogP contribution in [-0.2, 0) is 6.54 Å². The van der Waals surface area contributed by atoms with E-state index in [9.17, 15) is 9.59 Å². The molecule has 1 saturated heterocycles. The van der Waals surface area contributed by atoms with E-state index in [1.807, 2.05) is 0 Å². The minimum absolute atomic E-state index is 0.102. The monoisotopic (exact) mass is 282 g/mol. The summed E-state index contributed by atoms with van der Waals surface area (Å²) in [5, 5.41) is 21.9. The molecule has 0 aromatic carbocycles. The minimum atomic E-state index is -1.11. The minimum Gasteiger partial charge on any atom is -0.476 e. The molecule has 20 heavy (non-hydrogen) atoms. The molecule has 0 atom stereocenters. The van der Waals surface area contributed by atoms with Crippen molar-refractivity contribution in [2.45, 2.75) is 13.0 Å². The highest BCUT2D eigenvalue weighted by Gasteiger charge is 2.14. The van der Waals surface area contributed by atoms with Gasteiger partial charge >= 0.3 is 12.0 Å². The van der Waals surface area contributed by atoms with Gasteiger partial charge in [-0.2, -0.15) is 0 Å². The van der Waals surface area contributed by atoms with Gasteiger partial charge < -0.3 is 20.6 Å². The third-order valence-corrected chi connectivity index (χ3v) is 3.00. The number of hydrogen-bond acceptors (Lipinski definition) is 5. The summed E-state index contributed by atoms with van der Waals surface area (Å²) in [6, 6.07) is -0.104. The van der Waals surface area contributed by atoms with E-state index in [-0.39, 0.29) is 11.7 Å². The lowest BCUT2D eigenvalue weighted by Gasteiger charge is -2.20. The van der Waals surface area contributed by atoms with Gasteiger partial charge in [0.2, 0.25) is 0 Å². The summed E-state index contributed by atoms with van der Waals surface area (Å²) in [6.07, 6.45) is 2.28. The topological polar surface area (TPSA) is 112 Å². The van der Waals surface area contributed by atoms with Crippen LogP contribution in [0.4, 0.5) is 4.79 Å². The highest BCUT2D eigenvalue weighted by Crippen LogP contribution is 1.96. The Morgan fingerprint density at radius 3 is 3.00 bits per heavy atom. The third-order valence-electron chi connectivity index (χ3n) is 3.00. The third kappa shape index (κ3) is 3.92. The smallest absolute Gasteiger partial charge is 0.358 e. The molecule has 9 heteroatoms. The van der Waals surface area contributed by atoms with Crippen LogP contribution in [0.2, 0.25) is 0 Å². The Kier molecular flexibility index (Phi) is 4.88. The molecule has 0 aliphatic carbocycles. The van der Waals surface area contributed by atoms with Crippen LogP contribution in [0.5, 0.6) is 0 Å². The number of hydrogen-bond donors (Lipinski definition) is 3. The zero-order valence-electron chi connectivity index (χ0n) is 11.1. The van der Waals surface area contributed by atoms with E-state index < -0.39 is 5.97 Å². The van der Waals surface area contributed by atoms with Gasteiger partial charge in [-0.25, -0.2) is 14.3 Å². The van der Waals surface area contributed by atoms with Crippen molar-refractivity contribution in [2.75, 3.05) is 32.7 Å². The van der Waals surface area contributed by atoms with Crippen LogP contribution in [0.3, 0.4) is 0 Å². The number of carboxylic acids is 1. The summed E-state index contributed by atoms with van der Waals surface area (Å²) in [7, 11) is 0. The predicted octanol–water partition coefficient (Wildman–Crippen LogP) is -1.02. The summed E-state index contributed by atoms with van der Waals surface area (Å²) in [5.74, 6) is -1.11. The maximum Gasteiger partial charge on any atom is 0.358 e.